The third-order valence-corrected chi connectivity index (χ3v) is 5.19. The van der Waals surface area contributed by atoms with Gasteiger partial charge in [-0.2, -0.15) is 5.10 Å². The fraction of sp³-hybridized carbons (Fsp3) is 0.304. The Balaban J connectivity index is 1.73. The largest absolute Gasteiger partial charge is 0.494 e. The van der Waals surface area contributed by atoms with Crippen molar-refractivity contribution in [3.63, 3.8) is 0 Å². The zero-order valence-corrected chi connectivity index (χ0v) is 16.4. The van der Waals surface area contributed by atoms with Gasteiger partial charge in [-0.1, -0.05) is 30.3 Å². The Hall–Kier alpha value is -3.08. The summed E-state index contributed by atoms with van der Waals surface area (Å²) >= 11 is 0. The number of carbonyl (C=O) groups excluding carboxylic acids is 1. The fourth-order valence-electron chi connectivity index (χ4n) is 3.75. The third-order valence-electron chi connectivity index (χ3n) is 5.19. The molecule has 0 aliphatic carbocycles. The molecule has 1 aliphatic heterocycles. The molecule has 2 aromatic carbocycles. The molecule has 0 bridgehead atoms. The van der Waals surface area contributed by atoms with Gasteiger partial charge < -0.3 is 9.64 Å². The molecule has 0 atom stereocenters. The fourth-order valence-corrected chi connectivity index (χ4v) is 3.75. The predicted molar refractivity (Wildman–Crippen MR) is 109 cm³/mol. The maximum atomic E-state index is 12.0. The minimum absolute atomic E-state index is 0.110. The lowest BCUT2D eigenvalue weighted by atomic mass is 10.0. The van der Waals surface area contributed by atoms with Gasteiger partial charge in [0.25, 0.3) is 0 Å². The molecule has 0 fully saturated rings. The highest BCUT2D eigenvalue weighted by atomic mass is 16.5. The van der Waals surface area contributed by atoms with Crippen molar-refractivity contribution in [1.29, 1.82) is 0 Å². The first-order chi connectivity index (χ1) is 13.7. The van der Waals surface area contributed by atoms with Crippen LogP contribution in [-0.4, -0.2) is 33.7 Å². The van der Waals surface area contributed by atoms with E-state index in [-0.39, 0.29) is 5.91 Å². The van der Waals surface area contributed by atoms with Gasteiger partial charge in [-0.15, -0.1) is 0 Å². The lowest BCUT2D eigenvalue weighted by molar-refractivity contribution is -0.129. The molecule has 0 N–H and O–H groups in total. The quantitative estimate of drug-likeness (QED) is 0.679. The third kappa shape index (κ3) is 3.65. The molecule has 5 heteroatoms. The maximum Gasteiger partial charge on any atom is 0.219 e. The summed E-state index contributed by atoms with van der Waals surface area (Å²) in [4.78, 5) is 13.9. The van der Waals surface area contributed by atoms with Gasteiger partial charge in [0.1, 0.15) is 5.75 Å². The van der Waals surface area contributed by atoms with Crippen molar-refractivity contribution in [3.05, 3.63) is 71.4 Å². The molecule has 2 heterocycles. The van der Waals surface area contributed by atoms with Crippen molar-refractivity contribution >= 4 is 5.91 Å². The Kier molecular flexibility index (Phi) is 5.15. The summed E-state index contributed by atoms with van der Waals surface area (Å²) in [6, 6.07) is 18.4. The smallest absolute Gasteiger partial charge is 0.219 e. The number of hydrogen-bond donors (Lipinski definition) is 0. The monoisotopic (exact) mass is 375 g/mol. The molecule has 1 aromatic heterocycles. The number of carbonyl (C=O) groups is 1. The standard InChI is InChI=1S/C23H25N3O2/c1-3-28-20-11-9-19(10-12-20)23-21-16-25(17(2)27)14-13-22(21)26(24-23)15-18-7-5-4-6-8-18/h4-12H,3,13-16H2,1-2H3. The number of nitrogens with zero attached hydrogens (tertiary/aromatic N) is 3. The van der Waals surface area contributed by atoms with Crippen molar-refractivity contribution in [2.45, 2.75) is 33.4 Å². The van der Waals surface area contributed by atoms with Crippen molar-refractivity contribution in [3.8, 4) is 17.0 Å². The SMILES string of the molecule is CCOc1ccc(-c2nn(Cc3ccccc3)c3c2CN(C(C)=O)CC3)cc1. The van der Waals surface area contributed by atoms with Crippen LogP contribution in [-0.2, 0) is 24.3 Å². The van der Waals surface area contributed by atoms with E-state index in [1.165, 1.54) is 11.3 Å². The van der Waals surface area contributed by atoms with E-state index in [1.54, 1.807) is 6.92 Å². The van der Waals surface area contributed by atoms with E-state index in [2.05, 4.69) is 28.9 Å². The second-order valence-corrected chi connectivity index (χ2v) is 7.07. The Morgan fingerprint density at radius 2 is 1.86 bits per heavy atom. The molecule has 0 saturated heterocycles. The van der Waals surface area contributed by atoms with Crippen LogP contribution < -0.4 is 4.74 Å². The Morgan fingerprint density at radius 3 is 2.54 bits per heavy atom. The van der Waals surface area contributed by atoms with Crippen LogP contribution in [0.5, 0.6) is 5.75 Å². The van der Waals surface area contributed by atoms with Crippen molar-refractivity contribution in [2.24, 2.45) is 0 Å². The van der Waals surface area contributed by atoms with E-state index in [0.717, 1.165) is 42.1 Å². The number of hydrogen-bond acceptors (Lipinski definition) is 3. The average molecular weight is 375 g/mol. The molecule has 0 saturated carbocycles. The zero-order valence-electron chi connectivity index (χ0n) is 16.4. The number of ether oxygens (including phenoxy) is 1. The zero-order chi connectivity index (χ0) is 19.5. The summed E-state index contributed by atoms with van der Waals surface area (Å²) in [5.41, 5.74) is 5.61. The van der Waals surface area contributed by atoms with Crippen molar-refractivity contribution in [2.75, 3.05) is 13.2 Å². The minimum atomic E-state index is 0.110. The van der Waals surface area contributed by atoms with Gasteiger partial charge in [-0.05, 0) is 36.8 Å². The van der Waals surface area contributed by atoms with Crippen molar-refractivity contribution in [1.82, 2.24) is 14.7 Å². The predicted octanol–water partition coefficient (Wildman–Crippen LogP) is 3.90. The topological polar surface area (TPSA) is 47.4 Å². The van der Waals surface area contributed by atoms with Crippen LogP contribution in [0.1, 0.15) is 30.7 Å². The molecule has 28 heavy (non-hydrogen) atoms. The molecule has 3 aromatic rings. The van der Waals surface area contributed by atoms with Gasteiger partial charge in [-0.3, -0.25) is 9.48 Å². The van der Waals surface area contributed by atoms with Gasteiger partial charge in [0.15, 0.2) is 0 Å². The Morgan fingerprint density at radius 1 is 1.11 bits per heavy atom. The maximum absolute atomic E-state index is 12.0. The minimum Gasteiger partial charge on any atom is -0.494 e. The second-order valence-electron chi connectivity index (χ2n) is 7.07. The van der Waals surface area contributed by atoms with Gasteiger partial charge in [-0.25, -0.2) is 0 Å². The summed E-state index contributed by atoms with van der Waals surface area (Å²) < 4.78 is 7.67. The number of amides is 1. The molecular formula is C23H25N3O2. The van der Waals surface area contributed by atoms with E-state index in [9.17, 15) is 4.79 Å². The molecule has 4 rings (SSSR count). The molecule has 1 amide bonds. The van der Waals surface area contributed by atoms with E-state index in [0.29, 0.717) is 13.2 Å². The summed E-state index contributed by atoms with van der Waals surface area (Å²) in [6.07, 6.45) is 0.825. The highest BCUT2D eigenvalue weighted by molar-refractivity contribution is 5.74. The first-order valence-electron chi connectivity index (χ1n) is 9.77. The van der Waals surface area contributed by atoms with E-state index in [1.807, 2.05) is 42.2 Å². The first kappa shape index (κ1) is 18.3. The van der Waals surface area contributed by atoms with Gasteiger partial charge in [0.2, 0.25) is 5.91 Å². The van der Waals surface area contributed by atoms with E-state index < -0.39 is 0 Å². The number of rotatable bonds is 5. The summed E-state index contributed by atoms with van der Waals surface area (Å²) in [5.74, 6) is 0.966. The van der Waals surface area contributed by atoms with Crippen LogP contribution in [0.3, 0.4) is 0 Å². The molecule has 0 unspecified atom stereocenters. The summed E-state index contributed by atoms with van der Waals surface area (Å²) in [5, 5.41) is 4.96. The normalized spacial score (nSPS) is 13.3. The average Bonchev–Trinajstić information content (AvgIpc) is 3.07. The summed E-state index contributed by atoms with van der Waals surface area (Å²) in [7, 11) is 0. The van der Waals surface area contributed by atoms with Crippen LogP contribution in [0.15, 0.2) is 54.6 Å². The van der Waals surface area contributed by atoms with Crippen LogP contribution >= 0.6 is 0 Å². The van der Waals surface area contributed by atoms with Gasteiger partial charge in [0, 0.05) is 43.3 Å². The van der Waals surface area contributed by atoms with Crippen LogP contribution in [0.4, 0.5) is 0 Å². The highest BCUT2D eigenvalue weighted by Crippen LogP contribution is 2.31. The van der Waals surface area contributed by atoms with Gasteiger partial charge in [0.05, 0.1) is 18.8 Å². The van der Waals surface area contributed by atoms with Crippen molar-refractivity contribution < 1.29 is 9.53 Å². The highest BCUT2D eigenvalue weighted by Gasteiger charge is 2.26. The number of fused-ring (bicyclic) bond motifs is 1. The molecular weight excluding hydrogens is 350 g/mol. The lowest BCUT2D eigenvalue weighted by Crippen LogP contribution is -2.34. The molecule has 0 radical (unpaired) electrons. The Labute approximate surface area is 165 Å². The van der Waals surface area contributed by atoms with Gasteiger partial charge >= 0.3 is 0 Å². The number of benzene rings is 2. The molecule has 5 nitrogen and oxygen atoms in total. The van der Waals surface area contributed by atoms with E-state index >= 15 is 0 Å². The molecule has 0 spiro atoms. The summed E-state index contributed by atoms with van der Waals surface area (Å²) in [6.45, 7) is 6.35. The van der Waals surface area contributed by atoms with Crippen LogP contribution in [0, 0.1) is 0 Å². The first-order valence-corrected chi connectivity index (χ1v) is 9.77. The Bertz CT molecular complexity index is 962. The lowest BCUT2D eigenvalue weighted by Gasteiger charge is -2.27. The van der Waals surface area contributed by atoms with E-state index in [4.69, 9.17) is 9.84 Å². The second kappa shape index (κ2) is 7.89. The number of aromatic nitrogens is 2. The van der Waals surface area contributed by atoms with Crippen LogP contribution in [0.2, 0.25) is 0 Å². The van der Waals surface area contributed by atoms with Crippen LogP contribution in [0.25, 0.3) is 11.3 Å². The molecule has 1 aliphatic rings. The molecule has 144 valence electrons.